The molecule has 0 aromatic heterocycles. The van der Waals surface area contributed by atoms with Crippen molar-refractivity contribution in [1.82, 2.24) is 0 Å². The SMILES string of the molecule is C=C/C=C(\C#CCO)C1(C2C=CC(O)=CC2)CCC(C(C)(C)C2CCC(c3ccc(O)cc3)(c3ccc(O)cc3)CC2)CC1. The Kier molecular flexibility index (Phi) is 9.47. The number of hydrogen-bond donors (Lipinski definition) is 4. The van der Waals surface area contributed by atoms with Crippen molar-refractivity contribution in [2.45, 2.75) is 77.0 Å². The van der Waals surface area contributed by atoms with E-state index >= 15 is 0 Å². The van der Waals surface area contributed by atoms with Crippen LogP contribution in [0.15, 0.2) is 96.8 Å². The van der Waals surface area contributed by atoms with E-state index in [1.165, 1.54) is 11.1 Å². The molecular weight excluding hydrogens is 544 g/mol. The molecule has 0 aliphatic heterocycles. The van der Waals surface area contributed by atoms with Crippen molar-refractivity contribution in [3.8, 4) is 23.3 Å². The summed E-state index contributed by atoms with van der Waals surface area (Å²) in [5.41, 5.74) is 3.39. The fourth-order valence-electron chi connectivity index (χ4n) is 8.81. The first-order chi connectivity index (χ1) is 21.1. The number of benzene rings is 2. The Morgan fingerprint density at radius 3 is 1.84 bits per heavy atom. The number of allylic oxidation sites excluding steroid dienone is 6. The topological polar surface area (TPSA) is 80.9 Å². The minimum Gasteiger partial charge on any atom is -0.508 e. The van der Waals surface area contributed by atoms with E-state index in [1.807, 2.05) is 24.3 Å². The molecule has 44 heavy (non-hydrogen) atoms. The average molecular weight is 593 g/mol. The highest BCUT2D eigenvalue weighted by Crippen LogP contribution is 2.59. The van der Waals surface area contributed by atoms with Gasteiger partial charge >= 0.3 is 0 Å². The standard InChI is InChI=1S/C40H48O4/c1-4-6-31(7-5-28-41)39(32-8-14-35(42)15-9-32)24-20-29(21-25-39)38(2,3)30-22-26-40(27-23-30,33-10-16-36(43)17-11-33)34-12-18-37(44)19-13-34/h4,6,8,10-19,29-30,32,41-44H,1,9,20-28H2,2-3H3/b31-6+. The molecule has 0 amide bonds. The van der Waals surface area contributed by atoms with Crippen molar-refractivity contribution in [2.24, 2.45) is 28.6 Å². The predicted molar refractivity (Wildman–Crippen MR) is 178 cm³/mol. The van der Waals surface area contributed by atoms with Gasteiger partial charge in [-0.1, -0.05) is 74.8 Å². The van der Waals surface area contributed by atoms with E-state index in [-0.39, 0.29) is 40.3 Å². The number of aromatic hydroxyl groups is 2. The maximum atomic E-state index is 10.1. The minimum absolute atomic E-state index is 0.141. The van der Waals surface area contributed by atoms with Crippen LogP contribution < -0.4 is 0 Å². The van der Waals surface area contributed by atoms with E-state index in [1.54, 1.807) is 24.3 Å². The van der Waals surface area contributed by atoms with Gasteiger partial charge in [-0.05, 0) is 129 Å². The summed E-state index contributed by atoms with van der Waals surface area (Å²) in [6.45, 7) is 8.77. The highest BCUT2D eigenvalue weighted by atomic mass is 16.3. The van der Waals surface area contributed by atoms with Crippen molar-refractivity contribution >= 4 is 0 Å². The number of aliphatic hydroxyl groups is 2. The van der Waals surface area contributed by atoms with Crippen LogP contribution in [0.3, 0.4) is 0 Å². The van der Waals surface area contributed by atoms with Gasteiger partial charge in [0.2, 0.25) is 0 Å². The second-order valence-electron chi connectivity index (χ2n) is 13.8. The molecule has 2 saturated carbocycles. The summed E-state index contributed by atoms with van der Waals surface area (Å²) in [6.07, 6.45) is 19.1. The Morgan fingerprint density at radius 2 is 1.39 bits per heavy atom. The lowest BCUT2D eigenvalue weighted by Gasteiger charge is -2.53. The van der Waals surface area contributed by atoms with Crippen LogP contribution in [0.2, 0.25) is 0 Å². The van der Waals surface area contributed by atoms with Gasteiger partial charge in [0.05, 0.1) is 0 Å². The lowest BCUT2D eigenvalue weighted by molar-refractivity contribution is 0.0162. The number of aliphatic hydroxyl groups excluding tert-OH is 2. The Labute approximate surface area is 263 Å². The lowest BCUT2D eigenvalue weighted by atomic mass is 9.52. The molecule has 2 aromatic rings. The molecule has 0 radical (unpaired) electrons. The van der Waals surface area contributed by atoms with Crippen LogP contribution in [0.1, 0.15) is 82.8 Å². The van der Waals surface area contributed by atoms with Gasteiger partial charge in [-0.15, -0.1) is 0 Å². The Morgan fingerprint density at radius 1 is 0.864 bits per heavy atom. The van der Waals surface area contributed by atoms with Gasteiger partial charge in [0.25, 0.3) is 0 Å². The van der Waals surface area contributed by atoms with Gasteiger partial charge in [-0.25, -0.2) is 0 Å². The first-order valence-corrected chi connectivity index (χ1v) is 16.2. The molecule has 4 heteroatoms. The monoisotopic (exact) mass is 592 g/mol. The van der Waals surface area contributed by atoms with Gasteiger partial charge in [-0.2, -0.15) is 0 Å². The molecule has 2 aromatic carbocycles. The quantitative estimate of drug-likeness (QED) is 0.191. The second-order valence-corrected chi connectivity index (χ2v) is 13.8. The fourth-order valence-corrected chi connectivity index (χ4v) is 8.81. The van der Waals surface area contributed by atoms with Crippen LogP contribution in [-0.2, 0) is 5.41 Å². The number of rotatable bonds is 7. The Balaban J connectivity index is 1.36. The molecule has 232 valence electrons. The summed E-state index contributed by atoms with van der Waals surface area (Å²) < 4.78 is 0. The largest absolute Gasteiger partial charge is 0.508 e. The molecule has 0 heterocycles. The Bertz CT molecular complexity index is 1400. The van der Waals surface area contributed by atoms with Gasteiger partial charge in [0.15, 0.2) is 0 Å². The van der Waals surface area contributed by atoms with Crippen molar-refractivity contribution in [1.29, 1.82) is 0 Å². The van der Waals surface area contributed by atoms with Gasteiger partial charge < -0.3 is 20.4 Å². The molecule has 2 fully saturated rings. The molecule has 4 nitrogen and oxygen atoms in total. The maximum absolute atomic E-state index is 10.1. The van der Waals surface area contributed by atoms with E-state index < -0.39 is 0 Å². The van der Waals surface area contributed by atoms with Gasteiger partial charge in [0, 0.05) is 16.4 Å². The third kappa shape index (κ3) is 6.13. The van der Waals surface area contributed by atoms with Crippen molar-refractivity contribution < 1.29 is 20.4 Å². The normalized spacial score (nSPS) is 25.9. The molecule has 3 aliphatic carbocycles. The molecule has 3 aliphatic rings. The minimum atomic E-state index is -0.168. The van der Waals surface area contributed by atoms with Crippen LogP contribution in [0.4, 0.5) is 0 Å². The average Bonchev–Trinajstić information content (AvgIpc) is 3.04. The van der Waals surface area contributed by atoms with E-state index in [0.717, 1.165) is 63.4 Å². The summed E-state index contributed by atoms with van der Waals surface area (Å²) in [5, 5.41) is 39.6. The number of hydrogen-bond acceptors (Lipinski definition) is 4. The third-order valence-corrected chi connectivity index (χ3v) is 11.6. The van der Waals surface area contributed by atoms with E-state index in [9.17, 15) is 20.4 Å². The molecule has 5 rings (SSSR count). The van der Waals surface area contributed by atoms with E-state index in [4.69, 9.17) is 0 Å². The second kappa shape index (κ2) is 13.1. The first kappa shape index (κ1) is 31.7. The van der Waals surface area contributed by atoms with Crippen LogP contribution in [0, 0.1) is 40.4 Å². The number of phenolic OH excluding ortho intramolecular Hbond substituents is 2. The van der Waals surface area contributed by atoms with Crippen molar-refractivity contribution in [2.75, 3.05) is 6.61 Å². The number of phenols is 2. The maximum Gasteiger partial charge on any atom is 0.115 e. The van der Waals surface area contributed by atoms with Crippen LogP contribution in [0.5, 0.6) is 11.5 Å². The highest BCUT2D eigenvalue weighted by molar-refractivity contribution is 5.44. The summed E-state index contributed by atoms with van der Waals surface area (Å²) >= 11 is 0. The fraction of sp³-hybridized carbons (Fsp3) is 0.450. The zero-order valence-corrected chi connectivity index (χ0v) is 26.3. The van der Waals surface area contributed by atoms with Gasteiger partial charge in [-0.3, -0.25) is 0 Å². The lowest BCUT2D eigenvalue weighted by Crippen LogP contribution is -2.44. The summed E-state index contributed by atoms with van der Waals surface area (Å²) in [6, 6.07) is 15.4. The van der Waals surface area contributed by atoms with E-state index in [2.05, 4.69) is 62.6 Å². The zero-order valence-electron chi connectivity index (χ0n) is 26.3. The van der Waals surface area contributed by atoms with Crippen LogP contribution in [0.25, 0.3) is 0 Å². The third-order valence-electron chi connectivity index (χ3n) is 11.6. The highest BCUT2D eigenvalue weighted by Gasteiger charge is 2.49. The molecule has 4 N–H and O–H groups in total. The molecule has 0 bridgehead atoms. The smallest absolute Gasteiger partial charge is 0.115 e. The zero-order chi connectivity index (χ0) is 31.4. The first-order valence-electron chi connectivity index (χ1n) is 16.2. The van der Waals surface area contributed by atoms with Crippen LogP contribution in [-0.4, -0.2) is 27.0 Å². The van der Waals surface area contributed by atoms with E-state index in [0.29, 0.717) is 17.6 Å². The molecule has 0 saturated heterocycles. The predicted octanol–water partition coefficient (Wildman–Crippen LogP) is 8.90. The van der Waals surface area contributed by atoms with Crippen molar-refractivity contribution in [3.63, 3.8) is 0 Å². The molecular formula is C40H48O4. The van der Waals surface area contributed by atoms with Crippen molar-refractivity contribution in [3.05, 3.63) is 108 Å². The summed E-state index contributed by atoms with van der Waals surface area (Å²) in [5.74, 6) is 8.51. The summed E-state index contributed by atoms with van der Waals surface area (Å²) in [7, 11) is 0. The summed E-state index contributed by atoms with van der Waals surface area (Å²) in [4.78, 5) is 0. The molecule has 1 unspecified atom stereocenters. The van der Waals surface area contributed by atoms with Gasteiger partial charge in [0.1, 0.15) is 23.9 Å². The molecule has 0 spiro atoms. The van der Waals surface area contributed by atoms with Crippen LogP contribution >= 0.6 is 0 Å². The molecule has 1 atom stereocenters. The Hall–Kier alpha value is -3.68.